The maximum atomic E-state index is 14.7. The average Bonchev–Trinajstić information content (AvgIpc) is 2.70. The Bertz CT molecular complexity index is 1080. The fourth-order valence-electron chi connectivity index (χ4n) is 2.77. The molecule has 1 unspecified atom stereocenters. The molecule has 0 fully saturated rings. The van der Waals surface area contributed by atoms with Crippen LogP contribution in [-0.2, 0) is 16.0 Å². The fourth-order valence-corrected chi connectivity index (χ4v) is 2.91. The van der Waals surface area contributed by atoms with Gasteiger partial charge in [-0.2, -0.15) is 0 Å². The molecule has 162 valence electrons. The Morgan fingerprint density at radius 3 is 2.71 bits per heavy atom. The van der Waals surface area contributed by atoms with E-state index in [1.807, 2.05) is 0 Å². The number of hydrogen-bond acceptors (Lipinski definition) is 7. The summed E-state index contributed by atoms with van der Waals surface area (Å²) >= 11 is 5.66. The van der Waals surface area contributed by atoms with E-state index in [0.717, 1.165) is 12.1 Å². The molecular formula is C21H19ClF2N4O3. The van der Waals surface area contributed by atoms with E-state index in [-0.39, 0.29) is 47.4 Å². The van der Waals surface area contributed by atoms with Crippen molar-refractivity contribution < 1.29 is 23.0 Å². The fraction of sp³-hybridized carbons (Fsp3) is 0.238. The van der Waals surface area contributed by atoms with Crippen LogP contribution in [0.4, 0.5) is 8.78 Å². The van der Waals surface area contributed by atoms with Gasteiger partial charge in [0.2, 0.25) is 0 Å². The van der Waals surface area contributed by atoms with Crippen molar-refractivity contribution in [2.75, 3.05) is 6.61 Å². The molecule has 7 nitrogen and oxygen atoms in total. The molecule has 3 aromatic rings. The second-order valence-electron chi connectivity index (χ2n) is 6.55. The van der Waals surface area contributed by atoms with E-state index in [0.29, 0.717) is 5.69 Å². The SMILES string of the molecule is CCOC(=O)CC(N)Cc1cncc(-c2ccc(Oc3ncc(Cl)cc3F)cc2F)n1. The Morgan fingerprint density at radius 2 is 2.00 bits per heavy atom. The summed E-state index contributed by atoms with van der Waals surface area (Å²) in [6.07, 6.45) is 4.43. The summed E-state index contributed by atoms with van der Waals surface area (Å²) in [4.78, 5) is 23.7. The van der Waals surface area contributed by atoms with Gasteiger partial charge in [0.05, 0.1) is 35.6 Å². The molecule has 0 amide bonds. The van der Waals surface area contributed by atoms with Crippen LogP contribution >= 0.6 is 11.6 Å². The minimum Gasteiger partial charge on any atom is -0.466 e. The summed E-state index contributed by atoms with van der Waals surface area (Å²) in [7, 11) is 0. The monoisotopic (exact) mass is 448 g/mol. The van der Waals surface area contributed by atoms with Crippen LogP contribution in [0.15, 0.2) is 42.9 Å². The molecule has 0 aliphatic carbocycles. The highest BCUT2D eigenvalue weighted by atomic mass is 35.5. The second-order valence-corrected chi connectivity index (χ2v) is 6.99. The van der Waals surface area contributed by atoms with Gasteiger partial charge < -0.3 is 15.2 Å². The lowest BCUT2D eigenvalue weighted by Gasteiger charge is -2.11. The van der Waals surface area contributed by atoms with Crippen LogP contribution < -0.4 is 10.5 Å². The molecule has 1 atom stereocenters. The van der Waals surface area contributed by atoms with E-state index in [2.05, 4.69) is 15.0 Å². The Hall–Kier alpha value is -3.17. The summed E-state index contributed by atoms with van der Waals surface area (Å²) in [5, 5.41) is 0.117. The van der Waals surface area contributed by atoms with Gasteiger partial charge in [-0.3, -0.25) is 9.78 Å². The first-order valence-corrected chi connectivity index (χ1v) is 9.74. The summed E-state index contributed by atoms with van der Waals surface area (Å²) in [5.74, 6) is -2.08. The quantitative estimate of drug-likeness (QED) is 0.518. The van der Waals surface area contributed by atoms with Crippen molar-refractivity contribution in [3.63, 3.8) is 0 Å². The Morgan fingerprint density at radius 1 is 1.19 bits per heavy atom. The Labute approximate surface area is 182 Å². The predicted molar refractivity (Wildman–Crippen MR) is 110 cm³/mol. The highest BCUT2D eigenvalue weighted by Crippen LogP contribution is 2.29. The molecule has 0 radical (unpaired) electrons. The van der Waals surface area contributed by atoms with E-state index in [1.165, 1.54) is 30.7 Å². The first kappa shape index (κ1) is 22.5. The number of benzene rings is 1. The largest absolute Gasteiger partial charge is 0.466 e. The summed E-state index contributed by atoms with van der Waals surface area (Å²) in [6, 6.07) is 4.51. The number of nitrogens with zero attached hydrogens (tertiary/aromatic N) is 3. The van der Waals surface area contributed by atoms with Crippen LogP contribution in [-0.4, -0.2) is 33.6 Å². The molecule has 31 heavy (non-hydrogen) atoms. The highest BCUT2D eigenvalue weighted by Gasteiger charge is 2.15. The lowest BCUT2D eigenvalue weighted by Crippen LogP contribution is -2.27. The van der Waals surface area contributed by atoms with E-state index >= 15 is 0 Å². The zero-order valence-corrected chi connectivity index (χ0v) is 17.3. The molecule has 10 heteroatoms. The standard InChI is InChI=1S/C21H19ClF2N4O3/c1-2-30-20(29)7-13(25)6-14-10-26-11-19(28-14)16-4-3-15(8-17(16)23)31-21-18(24)5-12(22)9-27-21/h3-5,8-11,13H,2,6-7,25H2,1H3. The topological polar surface area (TPSA) is 100 Å². The average molecular weight is 449 g/mol. The summed E-state index contributed by atoms with van der Waals surface area (Å²) < 4.78 is 38.7. The zero-order valence-electron chi connectivity index (χ0n) is 16.5. The lowest BCUT2D eigenvalue weighted by atomic mass is 10.1. The van der Waals surface area contributed by atoms with Gasteiger partial charge in [0.25, 0.3) is 5.88 Å². The molecule has 0 saturated heterocycles. The molecule has 2 N–H and O–H groups in total. The van der Waals surface area contributed by atoms with Crippen LogP contribution in [0.5, 0.6) is 11.6 Å². The molecule has 0 bridgehead atoms. The van der Waals surface area contributed by atoms with Crippen LogP contribution in [0.1, 0.15) is 19.0 Å². The van der Waals surface area contributed by atoms with Crippen LogP contribution in [0, 0.1) is 11.6 Å². The molecule has 1 aromatic carbocycles. The maximum Gasteiger partial charge on any atom is 0.307 e. The minimum atomic E-state index is -0.769. The maximum absolute atomic E-state index is 14.7. The van der Waals surface area contributed by atoms with E-state index < -0.39 is 23.6 Å². The van der Waals surface area contributed by atoms with Gasteiger partial charge in [-0.05, 0) is 25.1 Å². The first-order valence-electron chi connectivity index (χ1n) is 9.36. The Balaban J connectivity index is 1.74. The van der Waals surface area contributed by atoms with E-state index in [9.17, 15) is 13.6 Å². The van der Waals surface area contributed by atoms with Gasteiger partial charge in [-0.15, -0.1) is 0 Å². The summed E-state index contributed by atoms with van der Waals surface area (Å²) in [5.41, 5.74) is 6.92. The number of pyridine rings is 1. The molecular weight excluding hydrogens is 430 g/mol. The number of aromatic nitrogens is 3. The second kappa shape index (κ2) is 10.2. The van der Waals surface area contributed by atoms with Crippen molar-refractivity contribution in [3.8, 4) is 22.9 Å². The van der Waals surface area contributed by atoms with Crippen molar-refractivity contribution in [2.24, 2.45) is 5.73 Å². The van der Waals surface area contributed by atoms with Gasteiger partial charge in [-0.25, -0.2) is 18.7 Å². The number of esters is 1. The third kappa shape index (κ3) is 6.16. The number of rotatable bonds is 8. The molecule has 2 heterocycles. The van der Waals surface area contributed by atoms with Crippen molar-refractivity contribution in [1.29, 1.82) is 0 Å². The Kier molecular flexibility index (Phi) is 7.43. The van der Waals surface area contributed by atoms with Crippen molar-refractivity contribution in [1.82, 2.24) is 15.0 Å². The van der Waals surface area contributed by atoms with Crippen molar-refractivity contribution in [2.45, 2.75) is 25.8 Å². The third-order valence-corrected chi connectivity index (χ3v) is 4.30. The number of halogens is 3. The van der Waals surface area contributed by atoms with Crippen molar-refractivity contribution in [3.05, 3.63) is 65.2 Å². The molecule has 0 aliphatic rings. The smallest absolute Gasteiger partial charge is 0.307 e. The minimum absolute atomic E-state index is 0.0371. The van der Waals surface area contributed by atoms with Gasteiger partial charge in [0, 0.05) is 36.5 Å². The number of ether oxygens (including phenoxy) is 2. The van der Waals surface area contributed by atoms with E-state index in [4.69, 9.17) is 26.8 Å². The molecule has 0 spiro atoms. The van der Waals surface area contributed by atoms with Gasteiger partial charge >= 0.3 is 5.97 Å². The molecule has 0 saturated carbocycles. The molecule has 0 aliphatic heterocycles. The predicted octanol–water partition coefficient (Wildman–Crippen LogP) is 4.09. The van der Waals surface area contributed by atoms with Gasteiger partial charge in [0.15, 0.2) is 5.82 Å². The lowest BCUT2D eigenvalue weighted by molar-refractivity contribution is -0.143. The van der Waals surface area contributed by atoms with E-state index in [1.54, 1.807) is 6.92 Å². The normalized spacial score (nSPS) is 11.8. The number of nitrogens with two attached hydrogens (primary N) is 1. The number of hydrogen-bond donors (Lipinski definition) is 1. The van der Waals surface area contributed by atoms with Gasteiger partial charge in [0.1, 0.15) is 11.6 Å². The first-order chi connectivity index (χ1) is 14.9. The number of carbonyl (C=O) groups is 1. The van der Waals surface area contributed by atoms with Crippen LogP contribution in [0.25, 0.3) is 11.3 Å². The van der Waals surface area contributed by atoms with Crippen LogP contribution in [0.2, 0.25) is 5.02 Å². The van der Waals surface area contributed by atoms with Gasteiger partial charge in [-0.1, -0.05) is 11.6 Å². The highest BCUT2D eigenvalue weighted by molar-refractivity contribution is 6.30. The molecule has 2 aromatic heterocycles. The number of carbonyl (C=O) groups excluding carboxylic acids is 1. The van der Waals surface area contributed by atoms with Crippen molar-refractivity contribution >= 4 is 17.6 Å². The van der Waals surface area contributed by atoms with Crippen LogP contribution in [0.3, 0.4) is 0 Å². The third-order valence-electron chi connectivity index (χ3n) is 4.10. The summed E-state index contributed by atoms with van der Waals surface area (Å²) in [6.45, 7) is 1.99. The molecule has 3 rings (SSSR count). The zero-order chi connectivity index (χ0) is 22.4.